The Morgan fingerprint density at radius 1 is 0.875 bits per heavy atom. The smallest absolute Gasteiger partial charge is 0.0646 e. The summed E-state index contributed by atoms with van der Waals surface area (Å²) in [7, 11) is 0. The van der Waals surface area contributed by atoms with Crippen molar-refractivity contribution in [1.82, 2.24) is 5.43 Å². The highest BCUT2D eigenvalue weighted by molar-refractivity contribution is 5.95. The Morgan fingerprint density at radius 3 is 2.06 bits per heavy atom. The lowest BCUT2D eigenvalue weighted by Gasteiger charge is -2.01. The van der Waals surface area contributed by atoms with Gasteiger partial charge in [-0.1, -0.05) is 58.3 Å². The molecule has 0 fully saturated rings. The normalized spacial score (nSPS) is 13.9. The molecule has 2 nitrogen and oxygen atoms in total. The third-order valence-corrected chi connectivity index (χ3v) is 3.06. The number of allylic oxidation sites excluding steroid dienone is 1. The molecule has 1 aliphatic heterocycles. The van der Waals surface area contributed by atoms with Crippen molar-refractivity contribution in [2.24, 2.45) is 5.10 Å². The van der Waals surface area contributed by atoms with Crippen molar-refractivity contribution in [2.45, 2.75) is 71.1 Å². The Labute approximate surface area is 100 Å². The SMILES string of the molecule is CCCCCCCCCCCC1=N[N]C=C1. The van der Waals surface area contributed by atoms with E-state index in [9.17, 15) is 0 Å². The molecule has 1 rings (SSSR count). The van der Waals surface area contributed by atoms with Crippen LogP contribution in [0, 0.1) is 0 Å². The van der Waals surface area contributed by atoms with Crippen LogP contribution in [0.5, 0.6) is 0 Å². The Morgan fingerprint density at radius 2 is 1.50 bits per heavy atom. The summed E-state index contributed by atoms with van der Waals surface area (Å²) in [6.07, 6.45) is 17.4. The van der Waals surface area contributed by atoms with E-state index in [1.165, 1.54) is 57.8 Å². The zero-order valence-electron chi connectivity index (χ0n) is 10.6. The molecule has 1 aliphatic rings. The Bertz CT molecular complexity index is 219. The van der Waals surface area contributed by atoms with Crippen LogP contribution in [-0.4, -0.2) is 5.71 Å². The Kier molecular flexibility index (Phi) is 7.83. The van der Waals surface area contributed by atoms with Crippen molar-refractivity contribution in [3.63, 3.8) is 0 Å². The topological polar surface area (TPSA) is 26.5 Å². The molecule has 16 heavy (non-hydrogen) atoms. The molecule has 0 aromatic rings. The van der Waals surface area contributed by atoms with E-state index in [1.807, 2.05) is 6.08 Å². The van der Waals surface area contributed by atoms with Gasteiger partial charge in [0.25, 0.3) is 0 Å². The van der Waals surface area contributed by atoms with E-state index in [2.05, 4.69) is 17.5 Å². The average molecular weight is 221 g/mol. The average Bonchev–Trinajstić information content (AvgIpc) is 2.80. The molecular weight excluding hydrogens is 196 g/mol. The van der Waals surface area contributed by atoms with E-state index in [0.717, 1.165) is 12.1 Å². The number of hydrogen-bond donors (Lipinski definition) is 0. The number of nitrogens with zero attached hydrogens (tertiary/aromatic N) is 2. The van der Waals surface area contributed by atoms with Gasteiger partial charge in [-0.3, -0.25) is 0 Å². The Hall–Kier alpha value is -0.790. The monoisotopic (exact) mass is 221 g/mol. The van der Waals surface area contributed by atoms with Gasteiger partial charge in [0.15, 0.2) is 0 Å². The van der Waals surface area contributed by atoms with Crippen molar-refractivity contribution >= 4 is 5.71 Å². The van der Waals surface area contributed by atoms with Gasteiger partial charge in [0.1, 0.15) is 0 Å². The van der Waals surface area contributed by atoms with Gasteiger partial charge in [0.2, 0.25) is 0 Å². The van der Waals surface area contributed by atoms with Gasteiger partial charge in [0.05, 0.1) is 11.9 Å². The summed E-state index contributed by atoms with van der Waals surface area (Å²) < 4.78 is 0. The van der Waals surface area contributed by atoms with Crippen molar-refractivity contribution in [1.29, 1.82) is 0 Å². The quantitative estimate of drug-likeness (QED) is 0.489. The van der Waals surface area contributed by atoms with E-state index in [0.29, 0.717) is 0 Å². The lowest BCUT2D eigenvalue weighted by atomic mass is 10.1. The molecule has 0 aromatic heterocycles. The molecule has 1 heterocycles. The summed E-state index contributed by atoms with van der Waals surface area (Å²) in [4.78, 5) is 0. The molecule has 0 bridgehead atoms. The first-order valence-corrected chi connectivity index (χ1v) is 6.86. The predicted molar refractivity (Wildman–Crippen MR) is 70.6 cm³/mol. The summed E-state index contributed by atoms with van der Waals surface area (Å²) in [6, 6.07) is 0. The second-order valence-electron chi connectivity index (χ2n) is 4.60. The molecule has 1 radical (unpaired) electrons. The first-order chi connectivity index (χ1) is 7.93. The van der Waals surface area contributed by atoms with Crippen LogP contribution in [0.15, 0.2) is 17.4 Å². The van der Waals surface area contributed by atoms with Crippen LogP contribution in [0.25, 0.3) is 0 Å². The highest BCUT2D eigenvalue weighted by Crippen LogP contribution is 2.11. The first kappa shape index (κ1) is 13.3. The van der Waals surface area contributed by atoms with Crippen LogP contribution >= 0.6 is 0 Å². The van der Waals surface area contributed by atoms with Crippen LogP contribution in [0.4, 0.5) is 0 Å². The van der Waals surface area contributed by atoms with Crippen LogP contribution < -0.4 is 5.43 Å². The molecule has 0 amide bonds. The minimum atomic E-state index is 1.11. The lowest BCUT2D eigenvalue weighted by molar-refractivity contribution is 0.568. The summed E-state index contributed by atoms with van der Waals surface area (Å²) in [5.41, 5.74) is 4.98. The van der Waals surface area contributed by atoms with Gasteiger partial charge >= 0.3 is 0 Å². The number of unbranched alkanes of at least 4 members (excludes halogenated alkanes) is 8. The van der Waals surface area contributed by atoms with Gasteiger partial charge in [0, 0.05) is 0 Å². The first-order valence-electron chi connectivity index (χ1n) is 6.86. The predicted octanol–water partition coefficient (Wildman–Crippen LogP) is 4.40. The molecule has 0 spiro atoms. The summed E-state index contributed by atoms with van der Waals surface area (Å²) in [5.74, 6) is 0. The van der Waals surface area contributed by atoms with E-state index >= 15 is 0 Å². The van der Waals surface area contributed by atoms with Crippen molar-refractivity contribution in [3.05, 3.63) is 12.3 Å². The molecule has 0 unspecified atom stereocenters. The highest BCUT2D eigenvalue weighted by Gasteiger charge is 2.00. The summed E-state index contributed by atoms with van der Waals surface area (Å²) >= 11 is 0. The number of rotatable bonds is 10. The van der Waals surface area contributed by atoms with Gasteiger partial charge in [-0.05, 0) is 18.9 Å². The van der Waals surface area contributed by atoms with E-state index in [1.54, 1.807) is 6.20 Å². The molecule has 0 aliphatic carbocycles. The van der Waals surface area contributed by atoms with E-state index < -0.39 is 0 Å². The molecule has 0 saturated carbocycles. The molecule has 0 saturated heterocycles. The third-order valence-electron chi connectivity index (χ3n) is 3.06. The molecule has 91 valence electrons. The molecule has 0 N–H and O–H groups in total. The van der Waals surface area contributed by atoms with Crippen molar-refractivity contribution in [3.8, 4) is 0 Å². The number of hydrogen-bond acceptors (Lipinski definition) is 1. The summed E-state index contributed by atoms with van der Waals surface area (Å²) in [6.45, 7) is 2.27. The Balaban J connectivity index is 1.76. The zero-order chi connectivity index (χ0) is 11.5. The second-order valence-corrected chi connectivity index (χ2v) is 4.60. The zero-order valence-corrected chi connectivity index (χ0v) is 10.6. The van der Waals surface area contributed by atoms with Gasteiger partial charge in [-0.15, -0.1) is 0 Å². The maximum absolute atomic E-state index is 4.03. The van der Waals surface area contributed by atoms with Crippen LogP contribution in [0.3, 0.4) is 0 Å². The molecular formula is C14H25N2. The van der Waals surface area contributed by atoms with E-state index in [-0.39, 0.29) is 0 Å². The maximum atomic E-state index is 4.03. The minimum Gasteiger partial charge on any atom is -0.159 e. The maximum Gasteiger partial charge on any atom is 0.0646 e. The molecule has 0 aromatic carbocycles. The van der Waals surface area contributed by atoms with Gasteiger partial charge in [-0.2, -0.15) is 10.5 Å². The van der Waals surface area contributed by atoms with Gasteiger partial charge < -0.3 is 0 Å². The highest BCUT2D eigenvalue weighted by atomic mass is 15.3. The molecule has 0 atom stereocenters. The standard InChI is InChI=1S/C14H25N2/c1-2-3-4-5-6-7-8-9-10-11-14-12-13-15-16-14/h12-13H,2-11H2,1H3. The lowest BCUT2D eigenvalue weighted by Crippen LogP contribution is -1.91. The third kappa shape index (κ3) is 6.65. The summed E-state index contributed by atoms with van der Waals surface area (Å²) in [5, 5.41) is 4.03. The fraction of sp³-hybridized carbons (Fsp3) is 0.786. The minimum absolute atomic E-state index is 1.11. The second kappa shape index (κ2) is 9.44. The van der Waals surface area contributed by atoms with Gasteiger partial charge in [-0.25, -0.2) is 0 Å². The van der Waals surface area contributed by atoms with Crippen molar-refractivity contribution in [2.75, 3.05) is 0 Å². The largest absolute Gasteiger partial charge is 0.159 e. The fourth-order valence-corrected chi connectivity index (χ4v) is 2.01. The van der Waals surface area contributed by atoms with Crippen LogP contribution in [-0.2, 0) is 0 Å². The van der Waals surface area contributed by atoms with Crippen LogP contribution in [0.2, 0.25) is 0 Å². The van der Waals surface area contributed by atoms with Crippen LogP contribution in [0.1, 0.15) is 71.1 Å². The van der Waals surface area contributed by atoms with E-state index in [4.69, 9.17) is 0 Å². The molecule has 2 heteroatoms. The van der Waals surface area contributed by atoms with Crippen molar-refractivity contribution < 1.29 is 0 Å². The fourth-order valence-electron chi connectivity index (χ4n) is 2.01.